The number of aryl methyl sites for hydroxylation is 2. The van der Waals surface area contributed by atoms with Crippen LogP contribution in [0, 0.1) is 0 Å². The molecule has 64 heavy (non-hydrogen) atoms. The smallest absolute Gasteiger partial charge is 0.390 e. The van der Waals surface area contributed by atoms with Gasteiger partial charge in [-0.05, 0) is 67.7 Å². The van der Waals surface area contributed by atoms with Gasteiger partial charge >= 0.3 is 11.9 Å². The van der Waals surface area contributed by atoms with Crippen molar-refractivity contribution in [2.75, 3.05) is 71.0 Å². The molecule has 15 nitrogen and oxygen atoms in total. The lowest BCUT2D eigenvalue weighted by Crippen LogP contribution is -2.46. The van der Waals surface area contributed by atoms with Crippen LogP contribution in [0.2, 0.25) is 0 Å². The number of hydrogen-bond donors (Lipinski definition) is 3. The van der Waals surface area contributed by atoms with E-state index in [1.807, 2.05) is 18.2 Å². The van der Waals surface area contributed by atoms with Gasteiger partial charge in [-0.15, -0.1) is 0 Å². The number of rotatable bonds is 18. The van der Waals surface area contributed by atoms with Gasteiger partial charge in [0.05, 0.1) is 43.4 Å². The molecule has 0 bridgehead atoms. The number of aliphatic hydroxyl groups is 1. The summed E-state index contributed by atoms with van der Waals surface area (Å²) >= 11 is 0. The second-order valence-corrected chi connectivity index (χ2v) is 17.2. The number of imide groups is 1. The Bertz CT molecular complexity index is 2450. The number of imidazole rings is 1. The van der Waals surface area contributed by atoms with E-state index >= 15 is 0 Å². The first-order valence-corrected chi connectivity index (χ1v) is 22.5. The molecule has 5 heterocycles. The third kappa shape index (κ3) is 10.9. The van der Waals surface area contributed by atoms with Crippen molar-refractivity contribution in [3.63, 3.8) is 0 Å². The molecule has 3 N–H and O–H groups in total. The Morgan fingerprint density at radius 2 is 1.64 bits per heavy atom. The normalized spacial score (nSPS) is 20.4. The van der Waals surface area contributed by atoms with E-state index in [-0.39, 0.29) is 42.7 Å². The molecule has 0 radical (unpaired) electrons. The van der Waals surface area contributed by atoms with E-state index in [9.17, 15) is 32.7 Å². The number of ether oxygens (including phenoxy) is 2. The molecule has 18 heteroatoms. The zero-order valence-electron chi connectivity index (χ0n) is 36.3. The number of carbonyl (C=O) groups is 2. The Morgan fingerprint density at radius 1 is 0.906 bits per heavy atom. The highest BCUT2D eigenvalue weighted by molar-refractivity contribution is 6.00. The summed E-state index contributed by atoms with van der Waals surface area (Å²) in [6.45, 7) is 7.40. The van der Waals surface area contributed by atoms with Crippen molar-refractivity contribution in [3.05, 3.63) is 76.5 Å². The average Bonchev–Trinajstić information content (AvgIpc) is 3.77. The maximum absolute atomic E-state index is 13.2. The molecule has 2 aromatic carbocycles. The Kier molecular flexibility index (Phi) is 14.5. The van der Waals surface area contributed by atoms with Gasteiger partial charge in [0.1, 0.15) is 11.7 Å². The van der Waals surface area contributed by atoms with E-state index < -0.39 is 24.5 Å². The molecule has 5 aromatic rings. The van der Waals surface area contributed by atoms with Crippen molar-refractivity contribution < 1.29 is 37.3 Å². The number of amides is 2. The monoisotopic (exact) mass is 889 g/mol. The SMILES string of the molecule is Cn1c(=O)n([C@H]2CCC(=O)NC2=O)c2cccc(CCCOCCOCCN3CCN(Cc4ccc(-c5cn([C@H]6CC[C@H](O)CC6)c6nc(NCCC(F)(F)F)ncc56)cc4)CC3)c21. The minimum atomic E-state index is -4.27. The van der Waals surface area contributed by atoms with Gasteiger partial charge in [-0.1, -0.05) is 36.4 Å². The lowest BCUT2D eigenvalue weighted by atomic mass is 9.93. The lowest BCUT2D eigenvalue weighted by Gasteiger charge is -2.34. The molecule has 3 aromatic heterocycles. The van der Waals surface area contributed by atoms with Gasteiger partial charge < -0.3 is 24.5 Å². The minimum absolute atomic E-state index is 0.129. The van der Waals surface area contributed by atoms with Crippen molar-refractivity contribution in [3.8, 4) is 11.1 Å². The number of benzene rings is 2. The molecular weight excluding hydrogens is 832 g/mol. The van der Waals surface area contributed by atoms with Crippen molar-refractivity contribution >= 4 is 39.8 Å². The summed E-state index contributed by atoms with van der Waals surface area (Å²) in [4.78, 5) is 51.4. The summed E-state index contributed by atoms with van der Waals surface area (Å²) in [6.07, 6.45) is 3.17. The molecule has 2 aliphatic heterocycles. The van der Waals surface area contributed by atoms with Crippen molar-refractivity contribution in [1.29, 1.82) is 0 Å². The summed E-state index contributed by atoms with van der Waals surface area (Å²) in [5.74, 6) is -0.587. The molecule has 3 fully saturated rings. The molecule has 1 atom stereocenters. The van der Waals surface area contributed by atoms with Crippen molar-refractivity contribution in [1.82, 2.24) is 38.8 Å². The van der Waals surface area contributed by atoms with Crippen LogP contribution < -0.4 is 16.3 Å². The topological polar surface area (TPSA) is 161 Å². The number of halogens is 3. The number of nitrogens with zero attached hydrogens (tertiary/aromatic N) is 7. The van der Waals surface area contributed by atoms with E-state index in [0.717, 1.165) is 86.1 Å². The number of fused-ring (bicyclic) bond motifs is 2. The maximum Gasteiger partial charge on any atom is 0.390 e. The number of piperazine rings is 1. The molecule has 2 amide bonds. The first-order valence-electron chi connectivity index (χ1n) is 22.5. The zero-order chi connectivity index (χ0) is 44.8. The van der Waals surface area contributed by atoms with Crippen LogP contribution in [0.15, 0.2) is 59.7 Å². The van der Waals surface area contributed by atoms with Crippen LogP contribution in [-0.4, -0.2) is 128 Å². The number of aliphatic hydroxyl groups excluding tert-OH is 1. The van der Waals surface area contributed by atoms with E-state index in [0.29, 0.717) is 63.3 Å². The van der Waals surface area contributed by atoms with Crippen LogP contribution in [0.3, 0.4) is 0 Å². The quantitative estimate of drug-likeness (QED) is 0.0769. The van der Waals surface area contributed by atoms with Gasteiger partial charge in [-0.25, -0.2) is 9.78 Å². The zero-order valence-corrected chi connectivity index (χ0v) is 36.3. The summed E-state index contributed by atoms with van der Waals surface area (Å²) in [6, 6.07) is 13.7. The molecule has 3 aliphatic rings. The van der Waals surface area contributed by atoms with E-state index in [1.54, 1.807) is 17.8 Å². The van der Waals surface area contributed by atoms with Gasteiger partial charge in [0.15, 0.2) is 0 Å². The lowest BCUT2D eigenvalue weighted by molar-refractivity contribution is -0.136. The Hall–Kier alpha value is -5.14. The average molecular weight is 890 g/mol. The number of alkyl halides is 3. The van der Waals surface area contributed by atoms with Crippen LogP contribution in [0.25, 0.3) is 33.2 Å². The molecule has 0 spiro atoms. The number of hydrogen-bond acceptors (Lipinski definition) is 11. The summed E-state index contributed by atoms with van der Waals surface area (Å²) < 4.78 is 55.3. The van der Waals surface area contributed by atoms with Crippen LogP contribution in [-0.2, 0) is 39.1 Å². The predicted molar refractivity (Wildman–Crippen MR) is 236 cm³/mol. The number of piperidine rings is 1. The predicted octanol–water partition coefficient (Wildman–Crippen LogP) is 5.35. The van der Waals surface area contributed by atoms with Gasteiger partial charge in [0.25, 0.3) is 0 Å². The highest BCUT2D eigenvalue weighted by atomic mass is 19.4. The first kappa shape index (κ1) is 45.4. The van der Waals surface area contributed by atoms with E-state index in [4.69, 9.17) is 9.47 Å². The standard InChI is InChI=1S/C46H58F3N9O6/c1-54-41-33(4-2-6-38(41)58(45(54)62)39-15-16-40(60)52-43(39)61)5-3-24-63-26-27-64-25-23-55-19-21-56(22-20-55)29-31-7-9-32(10-8-31)37-30-57(34-11-13-35(59)14-12-34)42-36(37)28-51-44(53-42)50-18-17-46(47,48)49/h2,4,6-10,28,30,34-35,39,59H,3,5,11-27,29H2,1H3,(H,50,51,53)(H,52,60,61)/t34-,35-,39-/m0/s1. The fourth-order valence-electron chi connectivity index (χ4n) is 9.33. The van der Waals surface area contributed by atoms with Gasteiger partial charge in [-0.3, -0.25) is 33.8 Å². The van der Waals surface area contributed by atoms with Crippen molar-refractivity contribution in [2.24, 2.45) is 7.05 Å². The second-order valence-electron chi connectivity index (χ2n) is 17.2. The fourth-order valence-corrected chi connectivity index (χ4v) is 9.33. The Labute approximate surface area is 369 Å². The summed E-state index contributed by atoms with van der Waals surface area (Å²) in [7, 11) is 1.71. The van der Waals surface area contributed by atoms with Gasteiger partial charge in [0.2, 0.25) is 17.8 Å². The van der Waals surface area contributed by atoms with Gasteiger partial charge in [-0.2, -0.15) is 18.2 Å². The Balaban J connectivity index is 0.748. The van der Waals surface area contributed by atoms with Crippen LogP contribution in [0.1, 0.15) is 74.6 Å². The van der Waals surface area contributed by atoms with Crippen molar-refractivity contribution in [2.45, 2.75) is 88.7 Å². The highest BCUT2D eigenvalue weighted by Crippen LogP contribution is 2.37. The molecule has 8 rings (SSSR count). The largest absolute Gasteiger partial charge is 0.393 e. The molecular formula is C46H58F3N9O6. The van der Waals surface area contributed by atoms with Crippen LogP contribution in [0.5, 0.6) is 0 Å². The number of nitrogens with one attached hydrogen (secondary N) is 2. The fraction of sp³-hybridized carbons (Fsp3) is 0.543. The molecule has 1 aliphatic carbocycles. The number of anilines is 1. The summed E-state index contributed by atoms with van der Waals surface area (Å²) in [5, 5.41) is 16.1. The Morgan fingerprint density at radius 3 is 2.38 bits per heavy atom. The van der Waals surface area contributed by atoms with Gasteiger partial charge in [0, 0.05) is 95.3 Å². The minimum Gasteiger partial charge on any atom is -0.393 e. The van der Waals surface area contributed by atoms with Crippen LogP contribution in [0.4, 0.5) is 19.1 Å². The second kappa shape index (κ2) is 20.4. The third-order valence-corrected chi connectivity index (χ3v) is 12.8. The number of para-hydroxylation sites is 1. The highest BCUT2D eigenvalue weighted by Gasteiger charge is 2.32. The first-order chi connectivity index (χ1) is 30.9. The molecule has 2 saturated heterocycles. The van der Waals surface area contributed by atoms with Crippen LogP contribution >= 0.6 is 0 Å². The third-order valence-electron chi connectivity index (χ3n) is 12.8. The van der Waals surface area contributed by atoms with E-state index in [1.165, 1.54) is 10.1 Å². The number of aromatic nitrogens is 5. The maximum atomic E-state index is 13.2. The number of carbonyl (C=O) groups excluding carboxylic acids is 2. The molecule has 344 valence electrons. The molecule has 1 saturated carbocycles. The summed E-state index contributed by atoms with van der Waals surface area (Å²) in [5.41, 5.74) is 6.10. The molecule has 0 unspecified atom stereocenters. The van der Waals surface area contributed by atoms with E-state index in [2.05, 4.69) is 65.4 Å².